The molecule has 0 atom stereocenters. The number of pyridine rings is 1. The lowest BCUT2D eigenvalue weighted by atomic mass is 10.1. The number of sulfonamides is 1. The Labute approximate surface area is 213 Å². The average molecular weight is 525 g/mol. The van der Waals surface area contributed by atoms with E-state index in [-0.39, 0.29) is 28.3 Å². The van der Waals surface area contributed by atoms with Crippen LogP contribution in [-0.4, -0.2) is 57.3 Å². The van der Waals surface area contributed by atoms with Crippen LogP contribution in [0.3, 0.4) is 0 Å². The molecular weight excluding hydrogens is 500 g/mol. The zero-order valence-corrected chi connectivity index (χ0v) is 20.6. The number of ether oxygens (including phenoxy) is 1. The first-order chi connectivity index (χ1) is 17.7. The number of nitrogens with zero attached hydrogens (tertiary/aromatic N) is 1. The monoisotopic (exact) mass is 524 g/mol. The summed E-state index contributed by atoms with van der Waals surface area (Å²) in [4.78, 5) is 51.6. The Kier molecular flexibility index (Phi) is 9.05. The van der Waals surface area contributed by atoms with Gasteiger partial charge in [-0.2, -0.15) is 0 Å². The molecule has 0 fully saturated rings. The van der Waals surface area contributed by atoms with E-state index in [0.29, 0.717) is 13.0 Å². The first-order valence-corrected chi connectivity index (χ1v) is 12.5. The summed E-state index contributed by atoms with van der Waals surface area (Å²) in [6, 6.07) is 17.3. The van der Waals surface area contributed by atoms with E-state index in [1.165, 1.54) is 43.5 Å². The Morgan fingerprint density at radius 1 is 0.838 bits per heavy atom. The number of hydrogen-bond donors (Lipinski definition) is 3. The van der Waals surface area contributed by atoms with Gasteiger partial charge in [0, 0.05) is 18.3 Å². The molecule has 12 heteroatoms. The Hall–Kier alpha value is -4.58. The van der Waals surface area contributed by atoms with Crippen LogP contribution in [0.5, 0.6) is 0 Å². The third-order valence-corrected chi connectivity index (χ3v) is 6.38. The molecule has 0 unspecified atom stereocenters. The van der Waals surface area contributed by atoms with Gasteiger partial charge in [-0.05, 0) is 42.3 Å². The van der Waals surface area contributed by atoms with Gasteiger partial charge in [-0.1, -0.05) is 36.4 Å². The van der Waals surface area contributed by atoms with Crippen molar-refractivity contribution in [2.24, 2.45) is 0 Å². The molecule has 0 aliphatic rings. The molecule has 3 aromatic rings. The Bertz CT molecular complexity index is 1390. The highest BCUT2D eigenvalue weighted by Crippen LogP contribution is 2.13. The molecule has 0 radical (unpaired) electrons. The van der Waals surface area contributed by atoms with Crippen molar-refractivity contribution >= 4 is 33.7 Å². The van der Waals surface area contributed by atoms with E-state index in [0.717, 1.165) is 11.8 Å². The molecule has 0 saturated carbocycles. The van der Waals surface area contributed by atoms with Crippen molar-refractivity contribution in [2.45, 2.75) is 11.3 Å². The number of hydrogen-bond acceptors (Lipinski definition) is 8. The molecule has 1 aromatic heterocycles. The van der Waals surface area contributed by atoms with E-state index < -0.39 is 33.7 Å². The smallest absolute Gasteiger partial charge is 0.325 e. The first kappa shape index (κ1) is 27.0. The minimum atomic E-state index is -4.31. The molecule has 2 aromatic carbocycles. The zero-order chi connectivity index (χ0) is 26.8. The predicted octanol–water partition coefficient (Wildman–Crippen LogP) is 1.08. The lowest BCUT2D eigenvalue weighted by Gasteiger charge is -2.10. The fourth-order valence-electron chi connectivity index (χ4n) is 3.09. The molecule has 0 saturated heterocycles. The number of esters is 1. The Morgan fingerprint density at radius 2 is 1.59 bits per heavy atom. The number of carbonyl (C=O) groups is 4. The SMILES string of the molecule is COC(=O)CNC(=O)c1ccc(C(=O)NS(=O)(=O)c2cccc(C(=O)NCCc3ccccc3)c2)cn1. The third-order valence-electron chi connectivity index (χ3n) is 5.05. The van der Waals surface area contributed by atoms with Gasteiger partial charge < -0.3 is 15.4 Å². The van der Waals surface area contributed by atoms with E-state index in [1.807, 2.05) is 35.1 Å². The topological polar surface area (TPSA) is 161 Å². The Balaban J connectivity index is 1.61. The number of methoxy groups -OCH3 is 1. The number of aromatic nitrogens is 1. The largest absolute Gasteiger partial charge is 0.468 e. The third kappa shape index (κ3) is 7.70. The summed E-state index contributed by atoms with van der Waals surface area (Å²) in [6.45, 7) is 0.00186. The minimum Gasteiger partial charge on any atom is -0.468 e. The van der Waals surface area contributed by atoms with Gasteiger partial charge >= 0.3 is 5.97 Å². The fraction of sp³-hybridized carbons (Fsp3) is 0.160. The number of amides is 3. The zero-order valence-electron chi connectivity index (χ0n) is 19.8. The molecular formula is C25H24N4O7S. The molecule has 11 nitrogen and oxygen atoms in total. The summed E-state index contributed by atoms with van der Waals surface area (Å²) in [7, 11) is -3.14. The summed E-state index contributed by atoms with van der Waals surface area (Å²) < 4.78 is 31.8. The fourth-order valence-corrected chi connectivity index (χ4v) is 4.11. The van der Waals surface area contributed by atoms with E-state index >= 15 is 0 Å². The van der Waals surface area contributed by atoms with Crippen LogP contribution in [0.1, 0.15) is 36.8 Å². The maximum Gasteiger partial charge on any atom is 0.325 e. The van der Waals surface area contributed by atoms with Crippen LogP contribution in [0.2, 0.25) is 0 Å². The van der Waals surface area contributed by atoms with Crippen molar-refractivity contribution in [1.29, 1.82) is 0 Å². The molecule has 0 aliphatic heterocycles. The second-order valence-electron chi connectivity index (χ2n) is 7.64. The van der Waals surface area contributed by atoms with Crippen LogP contribution >= 0.6 is 0 Å². The van der Waals surface area contributed by atoms with Gasteiger partial charge in [-0.25, -0.2) is 13.1 Å². The predicted molar refractivity (Wildman–Crippen MR) is 132 cm³/mol. The van der Waals surface area contributed by atoms with E-state index in [2.05, 4.69) is 20.4 Å². The highest BCUT2D eigenvalue weighted by atomic mass is 32.2. The highest BCUT2D eigenvalue weighted by molar-refractivity contribution is 7.90. The highest BCUT2D eigenvalue weighted by Gasteiger charge is 2.21. The van der Waals surface area contributed by atoms with Crippen LogP contribution in [-0.2, 0) is 26.0 Å². The second kappa shape index (κ2) is 12.4. The average Bonchev–Trinajstić information content (AvgIpc) is 2.92. The molecule has 192 valence electrons. The van der Waals surface area contributed by atoms with Gasteiger partial charge in [0.25, 0.3) is 27.7 Å². The maximum absolute atomic E-state index is 12.8. The number of carbonyl (C=O) groups excluding carboxylic acids is 4. The van der Waals surface area contributed by atoms with Gasteiger partial charge in [0.05, 0.1) is 17.6 Å². The number of rotatable bonds is 10. The molecule has 3 rings (SSSR count). The van der Waals surface area contributed by atoms with Crippen molar-refractivity contribution in [3.05, 3.63) is 95.3 Å². The lowest BCUT2D eigenvalue weighted by Crippen LogP contribution is -2.32. The van der Waals surface area contributed by atoms with Gasteiger partial charge in [-0.3, -0.25) is 24.2 Å². The van der Waals surface area contributed by atoms with E-state index in [4.69, 9.17) is 0 Å². The first-order valence-electron chi connectivity index (χ1n) is 11.0. The summed E-state index contributed by atoms with van der Waals surface area (Å²) >= 11 is 0. The van der Waals surface area contributed by atoms with Gasteiger partial charge in [0.15, 0.2) is 0 Å². The summed E-state index contributed by atoms with van der Waals surface area (Å²) in [5, 5.41) is 5.03. The van der Waals surface area contributed by atoms with Crippen molar-refractivity contribution < 1.29 is 32.3 Å². The van der Waals surface area contributed by atoms with Crippen molar-refractivity contribution in [3.63, 3.8) is 0 Å². The van der Waals surface area contributed by atoms with E-state index in [1.54, 1.807) is 0 Å². The quantitative estimate of drug-likeness (QED) is 0.332. The molecule has 3 N–H and O–H groups in total. The second-order valence-corrected chi connectivity index (χ2v) is 9.33. The van der Waals surface area contributed by atoms with Crippen molar-refractivity contribution in [1.82, 2.24) is 20.3 Å². The van der Waals surface area contributed by atoms with Crippen LogP contribution in [0, 0.1) is 0 Å². The summed E-state index contributed by atoms with van der Waals surface area (Å²) in [5.41, 5.74) is 0.954. The van der Waals surface area contributed by atoms with Crippen LogP contribution in [0.4, 0.5) is 0 Å². The van der Waals surface area contributed by atoms with Gasteiger partial charge in [0.2, 0.25) is 0 Å². The van der Waals surface area contributed by atoms with Gasteiger partial charge in [-0.15, -0.1) is 0 Å². The summed E-state index contributed by atoms with van der Waals surface area (Å²) in [5.74, 6) is -2.76. The lowest BCUT2D eigenvalue weighted by molar-refractivity contribution is -0.139. The number of benzene rings is 2. The Morgan fingerprint density at radius 3 is 2.27 bits per heavy atom. The van der Waals surface area contributed by atoms with Crippen molar-refractivity contribution in [2.75, 3.05) is 20.2 Å². The molecule has 1 heterocycles. The minimum absolute atomic E-state index is 0.0886. The van der Waals surface area contributed by atoms with Gasteiger partial charge in [0.1, 0.15) is 12.2 Å². The van der Waals surface area contributed by atoms with Crippen LogP contribution in [0.25, 0.3) is 0 Å². The molecule has 3 amide bonds. The maximum atomic E-state index is 12.8. The number of nitrogens with one attached hydrogen (secondary N) is 3. The van der Waals surface area contributed by atoms with Crippen LogP contribution in [0.15, 0.2) is 77.8 Å². The molecule has 0 spiro atoms. The normalized spacial score (nSPS) is 10.7. The molecule has 37 heavy (non-hydrogen) atoms. The standard InChI is InChI=1S/C25H24N4O7S/c1-36-22(30)16-28-25(33)21-11-10-19(15-27-21)24(32)29-37(34,35)20-9-5-8-18(14-20)23(31)26-13-12-17-6-3-2-4-7-17/h2-11,14-15H,12-13,16H2,1H3,(H,26,31)(H,28,33)(H,29,32). The van der Waals surface area contributed by atoms with E-state index in [9.17, 15) is 27.6 Å². The molecule has 0 aliphatic carbocycles. The summed E-state index contributed by atoms with van der Waals surface area (Å²) in [6.07, 6.45) is 1.63. The van der Waals surface area contributed by atoms with Crippen LogP contribution < -0.4 is 15.4 Å². The van der Waals surface area contributed by atoms with Crippen molar-refractivity contribution in [3.8, 4) is 0 Å². The molecule has 0 bridgehead atoms.